The average Bonchev–Trinajstić information content (AvgIpc) is 2.71. The molecule has 0 spiro atoms. The zero-order chi connectivity index (χ0) is 18.6. The lowest BCUT2D eigenvalue weighted by molar-refractivity contribution is 0.0398. The normalized spacial score (nSPS) is 15.2. The number of hydrogen-bond acceptors (Lipinski definition) is 5. The molecule has 0 aliphatic carbocycles. The van der Waals surface area contributed by atoms with E-state index < -0.39 is 0 Å². The molecule has 1 aliphatic rings. The third-order valence-corrected chi connectivity index (χ3v) is 5.29. The van der Waals surface area contributed by atoms with Crippen molar-refractivity contribution in [2.45, 2.75) is 13.8 Å². The number of morpholine rings is 1. The Bertz CT molecular complexity index is 935. The Labute approximate surface area is 160 Å². The fourth-order valence-electron chi connectivity index (χ4n) is 3.49. The maximum atomic E-state index is 5.41. The van der Waals surface area contributed by atoms with Gasteiger partial charge in [0, 0.05) is 42.5 Å². The van der Waals surface area contributed by atoms with Crippen molar-refractivity contribution in [2.24, 2.45) is 0 Å². The summed E-state index contributed by atoms with van der Waals surface area (Å²) >= 11 is 0. The molecule has 1 fully saturated rings. The van der Waals surface area contributed by atoms with Crippen LogP contribution in [-0.4, -0.2) is 54.5 Å². The van der Waals surface area contributed by atoms with E-state index in [0.29, 0.717) is 0 Å². The number of aryl methyl sites for hydroxylation is 2. The molecular weight excluding hydrogens is 336 g/mol. The van der Waals surface area contributed by atoms with Crippen molar-refractivity contribution < 1.29 is 4.74 Å². The summed E-state index contributed by atoms with van der Waals surface area (Å²) in [7, 11) is 0. The summed E-state index contributed by atoms with van der Waals surface area (Å²) < 4.78 is 5.41. The molecule has 1 saturated heterocycles. The number of hydrogen-bond donors (Lipinski definition) is 1. The Morgan fingerprint density at radius 2 is 1.74 bits per heavy atom. The van der Waals surface area contributed by atoms with Crippen molar-refractivity contribution in [3.8, 4) is 11.3 Å². The van der Waals surface area contributed by atoms with Crippen molar-refractivity contribution >= 4 is 16.6 Å². The molecule has 27 heavy (non-hydrogen) atoms. The lowest BCUT2D eigenvalue weighted by atomic mass is 10.0. The Balaban J connectivity index is 1.59. The second-order valence-corrected chi connectivity index (χ2v) is 7.12. The molecule has 0 unspecified atom stereocenters. The van der Waals surface area contributed by atoms with Crippen LogP contribution in [0.1, 0.15) is 11.1 Å². The van der Waals surface area contributed by atoms with Crippen molar-refractivity contribution in [2.75, 3.05) is 44.7 Å². The third-order valence-electron chi connectivity index (χ3n) is 5.29. The van der Waals surface area contributed by atoms with E-state index in [9.17, 15) is 0 Å². The number of benzene rings is 2. The van der Waals surface area contributed by atoms with E-state index in [1.54, 1.807) is 0 Å². The van der Waals surface area contributed by atoms with Crippen molar-refractivity contribution in [1.29, 1.82) is 0 Å². The van der Waals surface area contributed by atoms with Crippen LogP contribution in [-0.2, 0) is 4.74 Å². The molecule has 0 amide bonds. The monoisotopic (exact) mass is 362 g/mol. The molecule has 2 aromatic carbocycles. The van der Waals surface area contributed by atoms with Crippen molar-refractivity contribution in [3.63, 3.8) is 0 Å². The predicted octanol–water partition coefficient (Wildman–Crippen LogP) is 3.66. The van der Waals surface area contributed by atoms with Gasteiger partial charge in [0.25, 0.3) is 0 Å². The molecule has 1 aromatic heterocycles. The van der Waals surface area contributed by atoms with Crippen LogP contribution in [0.15, 0.2) is 42.5 Å². The minimum absolute atomic E-state index is 0.827. The highest BCUT2D eigenvalue weighted by Crippen LogP contribution is 2.30. The Morgan fingerprint density at radius 1 is 0.963 bits per heavy atom. The molecule has 0 atom stereocenters. The summed E-state index contributed by atoms with van der Waals surface area (Å²) in [4.78, 5) is 2.41. The van der Waals surface area contributed by atoms with Crippen LogP contribution in [0.3, 0.4) is 0 Å². The lowest BCUT2D eigenvalue weighted by Gasteiger charge is -2.26. The highest BCUT2D eigenvalue weighted by Gasteiger charge is 2.13. The van der Waals surface area contributed by atoms with Crippen LogP contribution in [0, 0.1) is 13.8 Å². The van der Waals surface area contributed by atoms with Gasteiger partial charge in [-0.05, 0) is 31.0 Å². The zero-order valence-corrected chi connectivity index (χ0v) is 16.0. The van der Waals surface area contributed by atoms with E-state index in [0.717, 1.165) is 67.2 Å². The first-order chi connectivity index (χ1) is 13.2. The van der Waals surface area contributed by atoms with E-state index in [-0.39, 0.29) is 0 Å². The summed E-state index contributed by atoms with van der Waals surface area (Å²) in [6.07, 6.45) is 0. The number of aromatic nitrogens is 2. The molecule has 3 aromatic rings. The third kappa shape index (κ3) is 3.94. The molecule has 1 N–H and O–H groups in total. The van der Waals surface area contributed by atoms with E-state index in [1.807, 2.05) is 0 Å². The molecule has 0 bridgehead atoms. The number of fused-ring (bicyclic) bond motifs is 1. The van der Waals surface area contributed by atoms with Crippen LogP contribution in [0.5, 0.6) is 0 Å². The summed E-state index contributed by atoms with van der Waals surface area (Å²) in [5.41, 5.74) is 4.61. The summed E-state index contributed by atoms with van der Waals surface area (Å²) in [5, 5.41) is 14.8. The lowest BCUT2D eigenvalue weighted by Crippen LogP contribution is -2.39. The van der Waals surface area contributed by atoms with Crippen LogP contribution in [0.2, 0.25) is 0 Å². The Morgan fingerprint density at radius 3 is 2.52 bits per heavy atom. The summed E-state index contributed by atoms with van der Waals surface area (Å²) in [6, 6.07) is 14.8. The highest BCUT2D eigenvalue weighted by molar-refractivity contribution is 6.00. The first-order valence-electron chi connectivity index (χ1n) is 9.59. The standard InChI is InChI=1S/C22H26N4O/c1-16-7-8-18(15-17(16)2)21-19-5-3-4-6-20(19)22(25-24-21)23-9-10-26-11-13-27-14-12-26/h3-8,15H,9-14H2,1-2H3,(H,23,25). The maximum absolute atomic E-state index is 5.41. The van der Waals surface area contributed by atoms with Crippen LogP contribution < -0.4 is 5.32 Å². The molecule has 5 heteroatoms. The van der Waals surface area contributed by atoms with Crippen LogP contribution >= 0.6 is 0 Å². The molecule has 1 aliphatic heterocycles. The van der Waals surface area contributed by atoms with E-state index >= 15 is 0 Å². The minimum Gasteiger partial charge on any atom is -0.379 e. The van der Waals surface area contributed by atoms with Gasteiger partial charge in [-0.2, -0.15) is 0 Å². The molecular formula is C22H26N4O. The van der Waals surface area contributed by atoms with Gasteiger partial charge in [0.1, 0.15) is 5.69 Å². The quantitative estimate of drug-likeness (QED) is 0.751. The van der Waals surface area contributed by atoms with Crippen molar-refractivity contribution in [3.05, 3.63) is 53.6 Å². The van der Waals surface area contributed by atoms with Gasteiger partial charge in [0.2, 0.25) is 0 Å². The summed E-state index contributed by atoms with van der Waals surface area (Å²) in [6.45, 7) is 9.75. The molecule has 0 radical (unpaired) electrons. The van der Waals surface area contributed by atoms with Crippen molar-refractivity contribution in [1.82, 2.24) is 15.1 Å². The predicted molar refractivity (Wildman–Crippen MR) is 110 cm³/mol. The largest absolute Gasteiger partial charge is 0.379 e. The number of anilines is 1. The topological polar surface area (TPSA) is 50.3 Å². The number of ether oxygens (including phenoxy) is 1. The molecule has 0 saturated carbocycles. The van der Waals surface area contributed by atoms with Crippen LogP contribution in [0.25, 0.3) is 22.0 Å². The second-order valence-electron chi connectivity index (χ2n) is 7.12. The van der Waals surface area contributed by atoms with E-state index in [2.05, 4.69) is 76.7 Å². The number of rotatable bonds is 5. The zero-order valence-electron chi connectivity index (χ0n) is 16.0. The first-order valence-corrected chi connectivity index (χ1v) is 9.59. The fraction of sp³-hybridized carbons (Fsp3) is 0.364. The molecule has 140 valence electrons. The number of nitrogens with one attached hydrogen (secondary N) is 1. The SMILES string of the molecule is Cc1ccc(-c2nnc(NCCN3CCOCC3)c3ccccc23)cc1C. The fourth-order valence-corrected chi connectivity index (χ4v) is 3.49. The van der Waals surface area contributed by atoms with Gasteiger partial charge >= 0.3 is 0 Å². The van der Waals surface area contributed by atoms with Gasteiger partial charge in [0.15, 0.2) is 5.82 Å². The van der Waals surface area contributed by atoms with E-state index in [4.69, 9.17) is 4.74 Å². The molecule has 5 nitrogen and oxygen atoms in total. The highest BCUT2D eigenvalue weighted by atomic mass is 16.5. The average molecular weight is 362 g/mol. The molecule has 4 rings (SSSR count). The van der Waals surface area contributed by atoms with Gasteiger partial charge in [-0.1, -0.05) is 36.4 Å². The van der Waals surface area contributed by atoms with Gasteiger partial charge in [-0.3, -0.25) is 4.90 Å². The summed E-state index contributed by atoms with van der Waals surface area (Å²) in [5.74, 6) is 0.853. The van der Waals surface area contributed by atoms with Crippen LogP contribution in [0.4, 0.5) is 5.82 Å². The minimum atomic E-state index is 0.827. The first kappa shape index (κ1) is 17.9. The smallest absolute Gasteiger partial charge is 0.156 e. The van der Waals surface area contributed by atoms with Gasteiger partial charge in [-0.15, -0.1) is 10.2 Å². The van der Waals surface area contributed by atoms with Gasteiger partial charge in [0.05, 0.1) is 13.2 Å². The Kier molecular flexibility index (Phi) is 5.32. The van der Waals surface area contributed by atoms with E-state index in [1.165, 1.54) is 11.1 Å². The van der Waals surface area contributed by atoms with Gasteiger partial charge < -0.3 is 10.1 Å². The Hall–Kier alpha value is -2.50. The number of nitrogens with zero attached hydrogens (tertiary/aromatic N) is 3. The molecule has 2 heterocycles. The van der Waals surface area contributed by atoms with Gasteiger partial charge in [-0.25, -0.2) is 0 Å². The maximum Gasteiger partial charge on any atom is 0.156 e. The second kappa shape index (κ2) is 8.03.